The molecule has 0 bridgehead atoms. The summed E-state index contributed by atoms with van der Waals surface area (Å²) in [5.41, 5.74) is -2.50. The molecule has 0 radical (unpaired) electrons. The first-order valence-electron chi connectivity index (χ1n) is 4.80. The number of likely N-dealkylation sites (tertiary alicyclic amines) is 1. The van der Waals surface area contributed by atoms with Crippen LogP contribution in [0.3, 0.4) is 0 Å². The van der Waals surface area contributed by atoms with Gasteiger partial charge in [-0.2, -0.15) is 13.2 Å². The van der Waals surface area contributed by atoms with Gasteiger partial charge in [-0.15, -0.1) is 5.92 Å². The third kappa shape index (κ3) is 2.86. The van der Waals surface area contributed by atoms with Crippen molar-refractivity contribution in [3.8, 4) is 11.8 Å². The molecular formula is C10H14F3NO. The summed E-state index contributed by atoms with van der Waals surface area (Å²) < 4.78 is 37.2. The maximum atomic E-state index is 12.4. The second-order valence-corrected chi connectivity index (χ2v) is 3.73. The molecule has 0 spiro atoms. The van der Waals surface area contributed by atoms with Gasteiger partial charge in [-0.3, -0.25) is 4.90 Å². The van der Waals surface area contributed by atoms with E-state index in [-0.39, 0.29) is 25.9 Å². The van der Waals surface area contributed by atoms with Crippen molar-refractivity contribution in [2.24, 2.45) is 0 Å². The molecule has 0 unspecified atom stereocenters. The van der Waals surface area contributed by atoms with Crippen LogP contribution in [0.4, 0.5) is 13.2 Å². The van der Waals surface area contributed by atoms with Gasteiger partial charge in [0.25, 0.3) is 0 Å². The Kier molecular flexibility index (Phi) is 3.63. The van der Waals surface area contributed by atoms with E-state index in [1.54, 1.807) is 6.92 Å². The number of aliphatic hydroxyl groups is 1. The van der Waals surface area contributed by atoms with Crippen LogP contribution in [0.15, 0.2) is 0 Å². The van der Waals surface area contributed by atoms with E-state index in [1.165, 1.54) is 0 Å². The number of rotatable bonds is 1. The van der Waals surface area contributed by atoms with Gasteiger partial charge in [0.05, 0.1) is 6.54 Å². The third-order valence-corrected chi connectivity index (χ3v) is 2.69. The normalized spacial score (nSPS) is 21.9. The van der Waals surface area contributed by atoms with Crippen molar-refractivity contribution in [3.05, 3.63) is 0 Å². The highest BCUT2D eigenvalue weighted by atomic mass is 19.4. The predicted octanol–water partition coefficient (Wildman–Crippen LogP) is 1.40. The van der Waals surface area contributed by atoms with E-state index in [9.17, 15) is 18.3 Å². The summed E-state index contributed by atoms with van der Waals surface area (Å²) in [7, 11) is 0. The van der Waals surface area contributed by atoms with E-state index in [4.69, 9.17) is 0 Å². The van der Waals surface area contributed by atoms with Gasteiger partial charge in [-0.05, 0) is 19.8 Å². The molecule has 1 aliphatic heterocycles. The average molecular weight is 221 g/mol. The van der Waals surface area contributed by atoms with Gasteiger partial charge in [0.1, 0.15) is 0 Å². The van der Waals surface area contributed by atoms with E-state index in [2.05, 4.69) is 11.8 Å². The van der Waals surface area contributed by atoms with Crippen LogP contribution in [0.25, 0.3) is 0 Å². The Balaban J connectivity index is 2.50. The fourth-order valence-electron chi connectivity index (χ4n) is 1.56. The summed E-state index contributed by atoms with van der Waals surface area (Å²) >= 11 is 0. The molecule has 1 heterocycles. The van der Waals surface area contributed by atoms with Crippen molar-refractivity contribution in [2.75, 3.05) is 19.6 Å². The van der Waals surface area contributed by atoms with E-state index in [1.807, 2.05) is 4.90 Å². The number of hydrogen-bond donors (Lipinski definition) is 1. The van der Waals surface area contributed by atoms with Crippen molar-refractivity contribution in [1.29, 1.82) is 0 Å². The van der Waals surface area contributed by atoms with Gasteiger partial charge in [-0.1, -0.05) is 5.92 Å². The van der Waals surface area contributed by atoms with Gasteiger partial charge in [0, 0.05) is 13.1 Å². The van der Waals surface area contributed by atoms with Crippen LogP contribution in [0.1, 0.15) is 19.8 Å². The number of hydrogen-bond acceptors (Lipinski definition) is 2. The van der Waals surface area contributed by atoms with Crippen LogP contribution in [0, 0.1) is 11.8 Å². The highest BCUT2D eigenvalue weighted by Gasteiger charge is 2.54. The fourth-order valence-corrected chi connectivity index (χ4v) is 1.56. The van der Waals surface area contributed by atoms with Crippen molar-refractivity contribution in [3.63, 3.8) is 0 Å². The molecule has 86 valence electrons. The van der Waals surface area contributed by atoms with E-state index < -0.39 is 11.8 Å². The first-order chi connectivity index (χ1) is 6.89. The quantitative estimate of drug-likeness (QED) is 0.676. The fraction of sp³-hybridized carbons (Fsp3) is 0.800. The number of alkyl halides is 3. The van der Waals surface area contributed by atoms with Crippen LogP contribution in [0.2, 0.25) is 0 Å². The minimum Gasteiger partial charge on any atom is -0.380 e. The van der Waals surface area contributed by atoms with Crippen LogP contribution in [-0.4, -0.2) is 41.4 Å². The highest BCUT2D eigenvalue weighted by Crippen LogP contribution is 2.38. The Morgan fingerprint density at radius 2 is 1.87 bits per heavy atom. The van der Waals surface area contributed by atoms with Crippen molar-refractivity contribution >= 4 is 0 Å². The lowest BCUT2D eigenvalue weighted by molar-refractivity contribution is -0.272. The summed E-state index contributed by atoms with van der Waals surface area (Å²) in [5, 5.41) is 9.36. The molecular weight excluding hydrogens is 207 g/mol. The number of halogens is 3. The number of piperidine rings is 1. The zero-order chi connectivity index (χ0) is 11.5. The number of nitrogens with zero attached hydrogens (tertiary/aromatic N) is 1. The maximum Gasteiger partial charge on any atom is 0.417 e. The van der Waals surface area contributed by atoms with Crippen LogP contribution >= 0.6 is 0 Å². The van der Waals surface area contributed by atoms with E-state index >= 15 is 0 Å². The van der Waals surface area contributed by atoms with Gasteiger partial charge < -0.3 is 5.11 Å². The monoisotopic (exact) mass is 221 g/mol. The lowest BCUT2D eigenvalue weighted by atomic mass is 9.91. The van der Waals surface area contributed by atoms with E-state index in [0.717, 1.165) is 0 Å². The smallest absolute Gasteiger partial charge is 0.380 e. The molecule has 0 aliphatic carbocycles. The average Bonchev–Trinajstić information content (AvgIpc) is 2.15. The third-order valence-electron chi connectivity index (χ3n) is 2.69. The first kappa shape index (κ1) is 12.3. The first-order valence-corrected chi connectivity index (χ1v) is 4.80. The second kappa shape index (κ2) is 4.42. The molecule has 1 saturated heterocycles. The summed E-state index contributed by atoms with van der Waals surface area (Å²) in [6, 6.07) is 0. The standard InChI is InChI=1S/C10H14F3NO/c1-2-3-6-14-7-4-9(15,5-8-14)10(11,12)13/h15H,4-8H2,1H3. The molecule has 1 fully saturated rings. The van der Waals surface area contributed by atoms with Crippen LogP contribution < -0.4 is 0 Å². The Morgan fingerprint density at radius 1 is 1.33 bits per heavy atom. The molecule has 15 heavy (non-hydrogen) atoms. The molecule has 1 N–H and O–H groups in total. The largest absolute Gasteiger partial charge is 0.417 e. The van der Waals surface area contributed by atoms with Crippen LogP contribution in [0.5, 0.6) is 0 Å². The molecule has 0 aromatic heterocycles. The Labute approximate surface area is 87.1 Å². The SMILES string of the molecule is CC#CCN1CCC(O)(C(F)(F)F)CC1. The minimum absolute atomic E-state index is 0.241. The molecule has 0 aromatic rings. The van der Waals surface area contributed by atoms with Gasteiger partial charge >= 0.3 is 6.18 Å². The molecule has 0 saturated carbocycles. The second-order valence-electron chi connectivity index (χ2n) is 3.73. The molecule has 1 rings (SSSR count). The molecule has 0 amide bonds. The Hall–Kier alpha value is -0.730. The zero-order valence-electron chi connectivity index (χ0n) is 8.56. The molecule has 2 nitrogen and oxygen atoms in total. The van der Waals surface area contributed by atoms with Crippen molar-refractivity contribution in [2.45, 2.75) is 31.5 Å². The van der Waals surface area contributed by atoms with Crippen molar-refractivity contribution < 1.29 is 18.3 Å². The van der Waals surface area contributed by atoms with Gasteiger partial charge in [0.2, 0.25) is 0 Å². The molecule has 1 aliphatic rings. The zero-order valence-corrected chi connectivity index (χ0v) is 8.56. The molecule has 5 heteroatoms. The summed E-state index contributed by atoms with van der Waals surface area (Å²) in [4.78, 5) is 1.82. The summed E-state index contributed by atoms with van der Waals surface area (Å²) in [5.74, 6) is 5.49. The van der Waals surface area contributed by atoms with Gasteiger partial charge in [-0.25, -0.2) is 0 Å². The summed E-state index contributed by atoms with van der Waals surface area (Å²) in [6.45, 7) is 2.65. The topological polar surface area (TPSA) is 23.5 Å². The minimum atomic E-state index is -4.52. The summed E-state index contributed by atoms with van der Waals surface area (Å²) in [6.07, 6.45) is -5.04. The highest BCUT2D eigenvalue weighted by molar-refractivity contribution is 5.00. The van der Waals surface area contributed by atoms with Crippen LogP contribution in [-0.2, 0) is 0 Å². The lowest BCUT2D eigenvalue weighted by Crippen LogP contribution is -2.53. The Bertz CT molecular complexity index is 269. The molecule has 0 atom stereocenters. The molecule has 0 aromatic carbocycles. The predicted molar refractivity (Wildman–Crippen MR) is 50.1 cm³/mol. The van der Waals surface area contributed by atoms with Crippen molar-refractivity contribution in [1.82, 2.24) is 4.90 Å². The Morgan fingerprint density at radius 3 is 2.27 bits per heavy atom. The van der Waals surface area contributed by atoms with Gasteiger partial charge in [0.15, 0.2) is 5.60 Å². The van der Waals surface area contributed by atoms with E-state index in [0.29, 0.717) is 6.54 Å². The maximum absolute atomic E-state index is 12.4. The lowest BCUT2D eigenvalue weighted by Gasteiger charge is -2.38.